The summed E-state index contributed by atoms with van der Waals surface area (Å²) in [5, 5.41) is 0.263. The Morgan fingerprint density at radius 1 is 1.14 bits per heavy atom. The highest BCUT2D eigenvalue weighted by atomic mass is 19.1. The monoisotopic (exact) mass is 385 g/mol. The topological polar surface area (TPSA) is 73.7 Å². The largest absolute Gasteiger partial charge is 0.493 e. The second-order valence-corrected chi connectivity index (χ2v) is 6.28. The van der Waals surface area contributed by atoms with Crippen LogP contribution in [0.1, 0.15) is 5.56 Å². The lowest BCUT2D eigenvalue weighted by molar-refractivity contribution is -0.131. The number of amides is 1. The summed E-state index contributed by atoms with van der Waals surface area (Å²) in [7, 11) is 4.74. The summed E-state index contributed by atoms with van der Waals surface area (Å²) < 4.78 is 25.0. The quantitative estimate of drug-likeness (QED) is 0.651. The van der Waals surface area contributed by atoms with E-state index in [0.29, 0.717) is 18.0 Å². The fourth-order valence-electron chi connectivity index (χ4n) is 2.85. The Kier molecular flexibility index (Phi) is 5.58. The lowest BCUT2D eigenvalue weighted by Crippen LogP contribution is -2.33. The van der Waals surface area contributed by atoms with E-state index in [2.05, 4.69) is 4.98 Å². The van der Waals surface area contributed by atoms with Crippen LogP contribution in [-0.4, -0.2) is 41.6 Å². The molecule has 0 spiro atoms. The minimum absolute atomic E-state index is 0.164. The molecule has 0 aliphatic carbocycles. The smallest absolute Gasteiger partial charge is 0.261 e. The Bertz CT molecular complexity index is 1080. The predicted octanol–water partition coefficient (Wildman–Crippen LogP) is 2.21. The van der Waals surface area contributed by atoms with Gasteiger partial charge in [0.25, 0.3) is 5.56 Å². The number of fused-ring (bicyclic) bond motifs is 1. The maximum atomic E-state index is 13.3. The van der Waals surface area contributed by atoms with Crippen LogP contribution < -0.4 is 15.0 Å². The van der Waals surface area contributed by atoms with E-state index in [1.807, 2.05) is 6.07 Å². The van der Waals surface area contributed by atoms with Crippen LogP contribution in [0.15, 0.2) is 47.5 Å². The number of methoxy groups -OCH3 is 2. The van der Waals surface area contributed by atoms with E-state index in [-0.39, 0.29) is 23.4 Å². The normalized spacial score (nSPS) is 10.7. The van der Waals surface area contributed by atoms with Gasteiger partial charge < -0.3 is 14.4 Å². The first-order chi connectivity index (χ1) is 13.4. The minimum atomic E-state index is -0.470. The minimum Gasteiger partial charge on any atom is -0.493 e. The second-order valence-electron chi connectivity index (χ2n) is 6.28. The number of rotatable bonds is 6. The third kappa shape index (κ3) is 3.95. The van der Waals surface area contributed by atoms with Crippen molar-refractivity contribution in [1.82, 2.24) is 14.5 Å². The van der Waals surface area contributed by atoms with E-state index >= 15 is 0 Å². The van der Waals surface area contributed by atoms with Gasteiger partial charge in [-0.15, -0.1) is 0 Å². The average Bonchev–Trinajstić information content (AvgIpc) is 2.69. The van der Waals surface area contributed by atoms with Gasteiger partial charge in [-0.2, -0.15) is 0 Å². The summed E-state index contributed by atoms with van der Waals surface area (Å²) in [6.45, 7) is 0.170. The van der Waals surface area contributed by atoms with Crippen molar-refractivity contribution in [3.05, 3.63) is 64.5 Å². The molecule has 0 radical (unpaired) electrons. The summed E-state index contributed by atoms with van der Waals surface area (Å²) in [6, 6.07) is 9.15. The zero-order chi connectivity index (χ0) is 20.3. The zero-order valence-electron chi connectivity index (χ0n) is 15.8. The molecule has 2 aromatic carbocycles. The molecule has 3 aromatic rings. The molecule has 0 aliphatic heterocycles. The van der Waals surface area contributed by atoms with Gasteiger partial charge in [0.15, 0.2) is 11.5 Å². The number of carbonyl (C=O) groups excluding carboxylic acids is 1. The van der Waals surface area contributed by atoms with Crippen molar-refractivity contribution >= 4 is 16.8 Å². The number of benzene rings is 2. The van der Waals surface area contributed by atoms with Crippen LogP contribution >= 0.6 is 0 Å². The highest BCUT2D eigenvalue weighted by molar-refractivity contribution is 5.79. The van der Waals surface area contributed by atoms with E-state index in [0.717, 1.165) is 5.56 Å². The van der Waals surface area contributed by atoms with E-state index in [1.54, 1.807) is 33.4 Å². The van der Waals surface area contributed by atoms with Crippen molar-refractivity contribution in [3.8, 4) is 11.5 Å². The van der Waals surface area contributed by atoms with Crippen LogP contribution in [0.5, 0.6) is 11.5 Å². The molecule has 0 N–H and O–H groups in total. The summed E-state index contributed by atoms with van der Waals surface area (Å²) in [6.07, 6.45) is 1.26. The third-order valence-corrected chi connectivity index (χ3v) is 4.39. The Labute approximate surface area is 160 Å². The summed E-state index contributed by atoms with van der Waals surface area (Å²) in [4.78, 5) is 30.6. The van der Waals surface area contributed by atoms with Crippen molar-refractivity contribution in [3.63, 3.8) is 0 Å². The van der Waals surface area contributed by atoms with Gasteiger partial charge in [0.1, 0.15) is 12.4 Å². The maximum absolute atomic E-state index is 13.3. The second kappa shape index (κ2) is 8.08. The van der Waals surface area contributed by atoms with Gasteiger partial charge in [0.05, 0.1) is 31.4 Å². The summed E-state index contributed by atoms with van der Waals surface area (Å²) >= 11 is 0. The first-order valence-corrected chi connectivity index (χ1v) is 8.52. The average molecular weight is 385 g/mol. The number of halogens is 1. The fraction of sp³-hybridized carbons (Fsp3) is 0.250. The molecule has 0 aliphatic rings. The number of carbonyl (C=O) groups is 1. The highest BCUT2D eigenvalue weighted by Crippen LogP contribution is 2.27. The van der Waals surface area contributed by atoms with Crippen molar-refractivity contribution < 1.29 is 18.7 Å². The Morgan fingerprint density at radius 2 is 1.89 bits per heavy atom. The van der Waals surface area contributed by atoms with E-state index in [4.69, 9.17) is 9.47 Å². The lowest BCUT2D eigenvalue weighted by Gasteiger charge is -2.19. The molecule has 1 heterocycles. The Hall–Kier alpha value is -3.42. The molecule has 0 unspecified atom stereocenters. The summed E-state index contributed by atoms with van der Waals surface area (Å²) in [5.74, 6) is 0.441. The van der Waals surface area contributed by atoms with E-state index in [9.17, 15) is 14.0 Å². The molecule has 1 amide bonds. The maximum Gasteiger partial charge on any atom is 0.261 e. The molecule has 7 nitrogen and oxygen atoms in total. The summed E-state index contributed by atoms with van der Waals surface area (Å²) in [5.41, 5.74) is 0.721. The molecule has 8 heteroatoms. The molecule has 0 saturated carbocycles. The highest BCUT2D eigenvalue weighted by Gasteiger charge is 2.14. The van der Waals surface area contributed by atoms with Gasteiger partial charge in [0, 0.05) is 19.7 Å². The molecule has 3 rings (SSSR count). The number of aromatic nitrogens is 2. The first-order valence-electron chi connectivity index (χ1n) is 8.52. The van der Waals surface area contributed by atoms with Crippen molar-refractivity contribution in [2.75, 3.05) is 21.3 Å². The number of ether oxygens (including phenoxy) is 2. The molecule has 0 bridgehead atoms. The standard InChI is InChI=1S/C20H20FN3O4/c1-23(10-13-4-7-17(27-2)18(8-13)28-3)19(25)11-24-12-22-16-9-14(21)5-6-15(16)20(24)26/h4-9,12H,10-11H2,1-3H3. The fourth-order valence-corrected chi connectivity index (χ4v) is 2.85. The molecular weight excluding hydrogens is 365 g/mol. The lowest BCUT2D eigenvalue weighted by atomic mass is 10.2. The van der Waals surface area contributed by atoms with Crippen LogP contribution in [0, 0.1) is 5.82 Å². The zero-order valence-corrected chi connectivity index (χ0v) is 15.8. The Balaban J connectivity index is 1.76. The van der Waals surface area contributed by atoms with Gasteiger partial charge in [-0.25, -0.2) is 9.37 Å². The van der Waals surface area contributed by atoms with Crippen LogP contribution in [0.4, 0.5) is 4.39 Å². The van der Waals surface area contributed by atoms with E-state index < -0.39 is 11.4 Å². The third-order valence-electron chi connectivity index (χ3n) is 4.39. The SMILES string of the molecule is COc1ccc(CN(C)C(=O)Cn2cnc3cc(F)ccc3c2=O)cc1OC. The van der Waals surface area contributed by atoms with Gasteiger partial charge in [-0.1, -0.05) is 6.07 Å². The molecule has 0 fully saturated rings. The van der Waals surface area contributed by atoms with Gasteiger partial charge in [0.2, 0.25) is 5.91 Å². The van der Waals surface area contributed by atoms with Crippen LogP contribution in [0.25, 0.3) is 10.9 Å². The number of nitrogens with zero attached hydrogens (tertiary/aromatic N) is 3. The number of hydrogen-bond donors (Lipinski definition) is 0. The molecule has 0 atom stereocenters. The predicted molar refractivity (Wildman–Crippen MR) is 102 cm³/mol. The van der Waals surface area contributed by atoms with E-state index in [1.165, 1.54) is 34.0 Å². The molecule has 146 valence electrons. The molecular formula is C20H20FN3O4. The van der Waals surface area contributed by atoms with Crippen LogP contribution in [0.3, 0.4) is 0 Å². The molecule has 28 heavy (non-hydrogen) atoms. The van der Waals surface area contributed by atoms with Crippen LogP contribution in [-0.2, 0) is 17.9 Å². The Morgan fingerprint density at radius 3 is 2.61 bits per heavy atom. The van der Waals surface area contributed by atoms with Crippen molar-refractivity contribution in [2.45, 2.75) is 13.1 Å². The first kappa shape index (κ1) is 19.3. The molecule has 1 aromatic heterocycles. The van der Waals surface area contributed by atoms with Crippen LogP contribution in [0.2, 0.25) is 0 Å². The number of hydrogen-bond acceptors (Lipinski definition) is 5. The van der Waals surface area contributed by atoms with Gasteiger partial charge in [-0.05, 0) is 29.8 Å². The van der Waals surface area contributed by atoms with Crippen molar-refractivity contribution in [2.24, 2.45) is 0 Å². The van der Waals surface area contributed by atoms with Crippen molar-refractivity contribution in [1.29, 1.82) is 0 Å². The van der Waals surface area contributed by atoms with Gasteiger partial charge >= 0.3 is 0 Å². The molecule has 0 saturated heterocycles. The van der Waals surface area contributed by atoms with Gasteiger partial charge in [-0.3, -0.25) is 14.2 Å². The number of likely N-dealkylation sites (N-methyl/N-ethyl adjacent to an activating group) is 1.